The molecule has 4 aromatic rings. The van der Waals surface area contributed by atoms with Gasteiger partial charge in [0.05, 0.1) is 17.7 Å². The van der Waals surface area contributed by atoms with Crippen molar-refractivity contribution in [2.45, 2.75) is 37.5 Å². The minimum atomic E-state index is -0.626. The average Bonchev–Trinajstić information content (AvgIpc) is 3.30. The summed E-state index contributed by atoms with van der Waals surface area (Å²) < 4.78 is 7.04. The zero-order chi connectivity index (χ0) is 32.6. The van der Waals surface area contributed by atoms with Crippen LogP contribution in [0, 0.1) is 0 Å². The molecule has 46 heavy (non-hydrogen) atoms. The first-order valence-electron chi connectivity index (χ1n) is 15.4. The van der Waals surface area contributed by atoms with Crippen molar-refractivity contribution in [2.24, 2.45) is 0 Å². The molecule has 0 radical (unpaired) electrons. The van der Waals surface area contributed by atoms with E-state index in [-0.39, 0.29) is 6.61 Å². The number of ether oxygens (including phenoxy) is 1. The van der Waals surface area contributed by atoms with E-state index in [4.69, 9.17) is 9.57 Å². The highest BCUT2D eigenvalue weighted by Gasteiger charge is 2.40. The number of carbonyl (C=O) groups is 3. The molecule has 8 nitrogen and oxygen atoms in total. The summed E-state index contributed by atoms with van der Waals surface area (Å²) >= 11 is 1.67. The Kier molecular flexibility index (Phi) is 10.6. The summed E-state index contributed by atoms with van der Waals surface area (Å²) in [4.78, 5) is 43.9. The van der Waals surface area contributed by atoms with Crippen LogP contribution in [-0.4, -0.2) is 59.1 Å². The van der Waals surface area contributed by atoms with Gasteiger partial charge in [-0.25, -0.2) is 9.10 Å². The van der Waals surface area contributed by atoms with Gasteiger partial charge in [0.2, 0.25) is 0 Å². The van der Waals surface area contributed by atoms with Crippen LogP contribution < -0.4 is 5.32 Å². The van der Waals surface area contributed by atoms with Crippen LogP contribution >= 0.6 is 11.9 Å². The van der Waals surface area contributed by atoms with E-state index >= 15 is 0 Å². The summed E-state index contributed by atoms with van der Waals surface area (Å²) in [6.07, 6.45) is 0.0354. The lowest BCUT2D eigenvalue weighted by Gasteiger charge is -2.39. The van der Waals surface area contributed by atoms with E-state index < -0.39 is 28.3 Å². The number of rotatable bonds is 13. The number of nitrogens with zero attached hydrogens (tertiary/aromatic N) is 2. The maximum atomic E-state index is 12.8. The third kappa shape index (κ3) is 7.67. The molecule has 1 aliphatic heterocycles. The van der Waals surface area contributed by atoms with Crippen LogP contribution in [0.25, 0.3) is 0 Å². The molecule has 0 aromatic heterocycles. The van der Waals surface area contributed by atoms with Crippen LogP contribution in [0.15, 0.2) is 115 Å². The molecule has 0 atom stereocenters. The van der Waals surface area contributed by atoms with Gasteiger partial charge in [0.25, 0.3) is 11.8 Å². The topological polar surface area (TPSA) is 88.2 Å². The molecule has 0 saturated heterocycles. The van der Waals surface area contributed by atoms with E-state index in [1.807, 2.05) is 75.4 Å². The number of nitrogens with one attached hydrogen (secondary N) is 1. The first-order chi connectivity index (χ1) is 22.2. The van der Waals surface area contributed by atoms with Gasteiger partial charge in [0.15, 0.2) is 0 Å². The SMILES string of the molecule is CC(C)(C)OC(=O)NCCN(CCCON1C(=O)c2ccccc2C1=O)SC(c1ccccc1)(c1ccccc1)c1ccccc1. The van der Waals surface area contributed by atoms with Crippen LogP contribution in [0.1, 0.15) is 64.6 Å². The van der Waals surface area contributed by atoms with Crippen molar-refractivity contribution in [2.75, 3.05) is 26.2 Å². The van der Waals surface area contributed by atoms with E-state index in [1.165, 1.54) is 0 Å². The minimum Gasteiger partial charge on any atom is -0.444 e. The van der Waals surface area contributed by atoms with Gasteiger partial charge >= 0.3 is 6.09 Å². The zero-order valence-electron chi connectivity index (χ0n) is 26.3. The Morgan fingerprint density at radius 1 is 0.717 bits per heavy atom. The lowest BCUT2D eigenvalue weighted by Crippen LogP contribution is -2.39. The number of carbonyl (C=O) groups excluding carboxylic acids is 3. The molecule has 0 fully saturated rings. The van der Waals surface area contributed by atoms with E-state index in [9.17, 15) is 14.4 Å². The van der Waals surface area contributed by atoms with E-state index in [0.29, 0.717) is 37.2 Å². The van der Waals surface area contributed by atoms with Crippen molar-refractivity contribution >= 4 is 29.9 Å². The van der Waals surface area contributed by atoms with Crippen molar-refractivity contribution < 1.29 is 24.0 Å². The van der Waals surface area contributed by atoms with Crippen LogP contribution in [0.3, 0.4) is 0 Å². The lowest BCUT2D eigenvalue weighted by atomic mass is 9.84. The Bertz CT molecular complexity index is 1500. The fourth-order valence-corrected chi connectivity index (χ4v) is 6.87. The third-order valence-electron chi connectivity index (χ3n) is 7.37. The van der Waals surface area contributed by atoms with Crippen molar-refractivity contribution in [1.82, 2.24) is 14.7 Å². The molecule has 3 amide bonds. The number of benzene rings is 4. The second-order valence-corrected chi connectivity index (χ2v) is 13.2. The minimum absolute atomic E-state index is 0.150. The monoisotopic (exact) mass is 637 g/mol. The predicted molar refractivity (Wildman–Crippen MR) is 180 cm³/mol. The maximum Gasteiger partial charge on any atom is 0.407 e. The Morgan fingerprint density at radius 3 is 1.63 bits per heavy atom. The highest BCUT2D eigenvalue weighted by molar-refractivity contribution is 7.98. The highest BCUT2D eigenvalue weighted by Crippen LogP contribution is 2.49. The lowest BCUT2D eigenvalue weighted by molar-refractivity contribution is -0.0923. The van der Waals surface area contributed by atoms with E-state index in [0.717, 1.165) is 21.8 Å². The highest BCUT2D eigenvalue weighted by atomic mass is 32.2. The third-order valence-corrected chi connectivity index (χ3v) is 8.97. The number of amides is 3. The molecule has 0 bridgehead atoms. The van der Waals surface area contributed by atoms with E-state index in [1.54, 1.807) is 36.2 Å². The van der Waals surface area contributed by atoms with Gasteiger partial charge in [-0.3, -0.25) is 14.4 Å². The van der Waals surface area contributed by atoms with Gasteiger partial charge in [-0.05, 0) is 56.0 Å². The second kappa shape index (κ2) is 14.8. The number of hydrogen-bond donors (Lipinski definition) is 1. The molecule has 0 unspecified atom stereocenters. The molecule has 0 aliphatic carbocycles. The van der Waals surface area contributed by atoms with Gasteiger partial charge in [-0.15, -0.1) is 5.06 Å². The number of hydroxylamine groups is 2. The summed E-state index contributed by atoms with van der Waals surface area (Å²) in [5.74, 6) is -0.908. The Balaban J connectivity index is 1.39. The summed E-state index contributed by atoms with van der Waals surface area (Å²) in [7, 11) is 0. The molecule has 9 heteroatoms. The Hall–Kier alpha value is -4.44. The van der Waals surface area contributed by atoms with Crippen LogP contribution in [0.2, 0.25) is 0 Å². The molecule has 0 saturated carbocycles. The molecular weight excluding hydrogens is 598 g/mol. The van der Waals surface area contributed by atoms with Gasteiger partial charge in [0, 0.05) is 19.6 Å². The number of fused-ring (bicyclic) bond motifs is 1. The first-order valence-corrected chi connectivity index (χ1v) is 16.1. The van der Waals surface area contributed by atoms with Crippen molar-refractivity contribution in [3.63, 3.8) is 0 Å². The van der Waals surface area contributed by atoms with Crippen LogP contribution in [-0.2, 0) is 14.3 Å². The van der Waals surface area contributed by atoms with E-state index in [2.05, 4.69) is 46.0 Å². The summed E-state index contributed by atoms with van der Waals surface area (Å²) in [5.41, 5.74) is 3.38. The van der Waals surface area contributed by atoms with Gasteiger partial charge in [-0.1, -0.05) is 115 Å². The normalized spacial score (nSPS) is 13.2. The average molecular weight is 638 g/mol. The summed E-state index contributed by atoms with van der Waals surface area (Å²) in [6, 6.07) is 37.8. The molecule has 5 rings (SSSR count). The fraction of sp³-hybridized carbons (Fsp3) is 0.270. The molecule has 1 N–H and O–H groups in total. The predicted octanol–water partition coefficient (Wildman–Crippen LogP) is 7.07. The molecule has 1 aliphatic rings. The number of hydrogen-bond acceptors (Lipinski definition) is 7. The van der Waals surface area contributed by atoms with Crippen LogP contribution in [0.4, 0.5) is 4.79 Å². The maximum absolute atomic E-state index is 12.8. The quantitative estimate of drug-likeness (QED) is 0.0726. The summed E-state index contributed by atoms with van der Waals surface area (Å²) in [5, 5.41) is 3.74. The number of alkyl carbamates (subject to hydrolysis) is 1. The van der Waals surface area contributed by atoms with Crippen molar-refractivity contribution in [3.05, 3.63) is 143 Å². The molecule has 238 valence electrons. The zero-order valence-corrected chi connectivity index (χ0v) is 27.2. The fourth-order valence-electron chi connectivity index (χ4n) is 5.35. The molecule has 0 spiro atoms. The number of imide groups is 1. The smallest absolute Gasteiger partial charge is 0.407 e. The second-order valence-electron chi connectivity index (χ2n) is 11.9. The molecule has 1 heterocycles. The first kappa shape index (κ1) is 32.9. The van der Waals surface area contributed by atoms with Crippen molar-refractivity contribution in [3.8, 4) is 0 Å². The summed E-state index contributed by atoms with van der Waals surface area (Å²) in [6.45, 7) is 7.01. The molecule has 4 aromatic carbocycles. The molecular formula is C37H39N3O5S. The van der Waals surface area contributed by atoms with Gasteiger partial charge in [-0.2, -0.15) is 0 Å². The van der Waals surface area contributed by atoms with Gasteiger partial charge in [0.1, 0.15) is 10.3 Å². The van der Waals surface area contributed by atoms with Crippen molar-refractivity contribution in [1.29, 1.82) is 0 Å². The van der Waals surface area contributed by atoms with Gasteiger partial charge < -0.3 is 10.1 Å². The Morgan fingerprint density at radius 2 is 1.17 bits per heavy atom. The van der Waals surface area contributed by atoms with Crippen LogP contribution in [0.5, 0.6) is 0 Å². The standard InChI is InChI=1S/C37H39N3O5S/c1-36(2,3)45-35(43)38-24-26-39(25-15-27-44-40-33(41)31-22-13-14-23-32(31)34(40)42)46-37(28-16-7-4-8-17-28,29-18-9-5-10-19-29)30-20-11-6-12-21-30/h4-14,16-23H,15,24-27H2,1-3H3,(H,38,43). The Labute approximate surface area is 274 Å². The largest absolute Gasteiger partial charge is 0.444 e.